The number of carbonyl (C=O) groups excluding carboxylic acids is 2. The second-order valence-electron chi connectivity index (χ2n) is 0.726. The molecule has 0 aromatic carbocycles. The first-order valence-corrected chi connectivity index (χ1v) is 2.18. The molecule has 0 fully saturated rings. The average molecular weight is 175 g/mol. The molecule has 0 aliphatic heterocycles. The van der Waals surface area contributed by atoms with E-state index in [0.29, 0.717) is 6.29 Å². The molecule has 7 heavy (non-hydrogen) atoms. The van der Waals surface area contributed by atoms with E-state index in [-0.39, 0.29) is 40.7 Å². The molecule has 0 amide bonds. The topological polar surface area (TPSA) is 34.1 Å². The molecule has 0 aromatic rings. The van der Waals surface area contributed by atoms with Gasteiger partial charge in [-0.3, -0.25) is 4.79 Å². The molecular weight excluding hydrogens is 171 g/mol. The van der Waals surface area contributed by atoms with Crippen LogP contribution in [0.3, 0.4) is 0 Å². The van der Waals surface area contributed by atoms with Crippen LogP contribution in [0.5, 0.6) is 0 Å². The Morgan fingerprint density at radius 2 is 2.14 bits per heavy atom. The summed E-state index contributed by atoms with van der Waals surface area (Å²) in [5.41, 5.74) is 0. The van der Waals surface area contributed by atoms with Crippen molar-refractivity contribution in [2.75, 3.05) is 0 Å². The van der Waals surface area contributed by atoms with E-state index in [0.717, 1.165) is 0 Å². The molecule has 0 rings (SSSR count). The van der Waals surface area contributed by atoms with Crippen LogP contribution in [0.15, 0.2) is 0 Å². The van der Waals surface area contributed by atoms with Gasteiger partial charge in [-0.05, 0) is 15.9 Å². The molecule has 0 heterocycles. The summed E-state index contributed by atoms with van der Waals surface area (Å²) in [5, 5.41) is 0. The second-order valence-corrected chi connectivity index (χ2v) is 1.61. The molecule has 0 radical (unpaired) electrons. The van der Waals surface area contributed by atoms with Crippen LogP contribution in [0.2, 0.25) is 0 Å². The Hall–Kier alpha value is 0.820. The second kappa shape index (κ2) is 6.82. The van der Waals surface area contributed by atoms with Crippen LogP contribution in [0.4, 0.5) is 0 Å². The maximum atomic E-state index is 9.73. The zero-order valence-corrected chi connectivity index (χ0v) is 4.56. The van der Waals surface area contributed by atoms with E-state index in [1.165, 1.54) is 0 Å². The Morgan fingerprint density at radius 3 is 2.14 bits per heavy atom. The van der Waals surface area contributed by atoms with Crippen molar-refractivity contribution in [3.8, 4) is 0 Å². The number of aldehydes is 1. The molecule has 0 atom stereocenters. The van der Waals surface area contributed by atoms with Gasteiger partial charge in [0.05, 0.1) is 6.42 Å². The van der Waals surface area contributed by atoms with Gasteiger partial charge < -0.3 is 4.79 Å². The summed E-state index contributed by atoms with van der Waals surface area (Å²) in [6.07, 6.45) is 0.525. The summed E-state index contributed by atoms with van der Waals surface area (Å²) in [5.74, 6) is 0. The first kappa shape index (κ1) is 10.7. The molecule has 0 aliphatic carbocycles. The molecule has 4 heteroatoms. The van der Waals surface area contributed by atoms with Crippen LogP contribution in [0, 0.1) is 0 Å². The van der Waals surface area contributed by atoms with Gasteiger partial charge in [0.15, 0.2) is 0 Å². The van der Waals surface area contributed by atoms with Gasteiger partial charge in [-0.2, -0.15) is 0 Å². The van der Waals surface area contributed by atoms with Gasteiger partial charge >= 0.3 is 29.6 Å². The van der Waals surface area contributed by atoms with E-state index < -0.39 is 0 Å². The Kier molecular flexibility index (Phi) is 10.5. The van der Waals surface area contributed by atoms with Gasteiger partial charge in [0.1, 0.15) is 6.29 Å². The Morgan fingerprint density at radius 1 is 1.71 bits per heavy atom. The summed E-state index contributed by atoms with van der Waals surface area (Å²) in [6.45, 7) is 0. The quantitative estimate of drug-likeness (QED) is 0.253. The third-order valence-electron chi connectivity index (χ3n) is 0.244. The van der Waals surface area contributed by atoms with Crippen LogP contribution in [0.25, 0.3) is 0 Å². The van der Waals surface area contributed by atoms with E-state index in [1.54, 1.807) is 0 Å². The number of hydrogen-bond donors (Lipinski definition) is 0. The van der Waals surface area contributed by atoms with Gasteiger partial charge in [-0.25, -0.2) is 0 Å². The van der Waals surface area contributed by atoms with Crippen LogP contribution in [-0.2, 0) is 9.59 Å². The standard InChI is InChI=1S/C3H3BrO2.Na.H/c4-3(6)1-2-5;;/h2H,1H2;;. The minimum absolute atomic E-state index is 0. The molecule has 36 valence electrons. The summed E-state index contributed by atoms with van der Waals surface area (Å²) >= 11 is 2.56. The number of halogens is 1. The zero-order chi connectivity index (χ0) is 4.99. The normalized spacial score (nSPS) is 6.43. The molecule has 0 aromatic heterocycles. The first-order chi connectivity index (χ1) is 2.77. The minimum atomic E-state index is -0.266. The van der Waals surface area contributed by atoms with E-state index in [2.05, 4.69) is 15.9 Å². The zero-order valence-electron chi connectivity index (χ0n) is 2.98. The van der Waals surface area contributed by atoms with Gasteiger partial charge in [0.2, 0.25) is 4.69 Å². The summed E-state index contributed by atoms with van der Waals surface area (Å²) in [4.78, 5) is 19.1. The monoisotopic (exact) mass is 174 g/mol. The van der Waals surface area contributed by atoms with Crippen molar-refractivity contribution in [1.29, 1.82) is 0 Å². The van der Waals surface area contributed by atoms with Crippen molar-refractivity contribution in [3.05, 3.63) is 0 Å². The molecular formula is C3H4BrNaO2. The summed E-state index contributed by atoms with van der Waals surface area (Å²) in [7, 11) is 0. The van der Waals surface area contributed by atoms with Crippen molar-refractivity contribution in [2.24, 2.45) is 0 Å². The van der Waals surface area contributed by atoms with Gasteiger partial charge in [-0.15, -0.1) is 0 Å². The van der Waals surface area contributed by atoms with Gasteiger partial charge in [0, 0.05) is 0 Å². The number of carbonyl (C=O) groups is 2. The fourth-order valence-corrected chi connectivity index (χ4v) is 0.198. The van der Waals surface area contributed by atoms with Crippen LogP contribution < -0.4 is 0 Å². The molecule has 0 bridgehead atoms. The fraction of sp³-hybridized carbons (Fsp3) is 0.333. The van der Waals surface area contributed by atoms with Crippen molar-refractivity contribution >= 4 is 56.5 Å². The van der Waals surface area contributed by atoms with Crippen molar-refractivity contribution in [2.45, 2.75) is 6.42 Å². The third kappa shape index (κ3) is 10.9. The van der Waals surface area contributed by atoms with Crippen molar-refractivity contribution < 1.29 is 9.59 Å². The summed E-state index contributed by atoms with van der Waals surface area (Å²) < 4.78 is -0.266. The van der Waals surface area contributed by atoms with Crippen LogP contribution >= 0.6 is 15.9 Å². The molecule has 0 saturated heterocycles. The van der Waals surface area contributed by atoms with Gasteiger partial charge in [0.25, 0.3) is 0 Å². The molecule has 0 saturated carbocycles. The van der Waals surface area contributed by atoms with Crippen molar-refractivity contribution in [3.63, 3.8) is 0 Å². The fourth-order valence-electron chi connectivity index (χ4n) is 0.0655. The van der Waals surface area contributed by atoms with E-state index in [4.69, 9.17) is 0 Å². The first-order valence-electron chi connectivity index (χ1n) is 1.39. The number of hydrogen-bond acceptors (Lipinski definition) is 2. The molecule has 0 unspecified atom stereocenters. The summed E-state index contributed by atoms with van der Waals surface area (Å²) in [6, 6.07) is 0. The van der Waals surface area contributed by atoms with Crippen molar-refractivity contribution in [1.82, 2.24) is 0 Å². The number of rotatable bonds is 2. The van der Waals surface area contributed by atoms with E-state index >= 15 is 0 Å². The maximum absolute atomic E-state index is 9.73. The average Bonchev–Trinajstić information content (AvgIpc) is 1.35. The molecule has 0 spiro atoms. The Balaban J connectivity index is 0. The predicted octanol–water partition coefficient (Wildman–Crippen LogP) is -0.152. The molecule has 2 nitrogen and oxygen atoms in total. The van der Waals surface area contributed by atoms with Crippen LogP contribution in [0.1, 0.15) is 6.42 Å². The molecule has 0 N–H and O–H groups in total. The van der Waals surface area contributed by atoms with Gasteiger partial charge in [-0.1, -0.05) is 0 Å². The Labute approximate surface area is 72.1 Å². The SMILES string of the molecule is O=CCC(=O)Br.[NaH]. The third-order valence-corrected chi connectivity index (χ3v) is 0.568. The molecule has 0 aliphatic rings. The Bertz CT molecular complexity index is 73.3. The van der Waals surface area contributed by atoms with E-state index in [9.17, 15) is 9.59 Å². The predicted molar refractivity (Wildman–Crippen MR) is 31.8 cm³/mol. The van der Waals surface area contributed by atoms with Crippen LogP contribution in [-0.4, -0.2) is 40.5 Å². The van der Waals surface area contributed by atoms with E-state index in [1.807, 2.05) is 0 Å².